The van der Waals surface area contributed by atoms with Gasteiger partial charge in [-0.05, 0) is 67.6 Å². The number of phenols is 2. The zero-order valence-electron chi connectivity index (χ0n) is 25.8. The van der Waals surface area contributed by atoms with E-state index in [9.17, 15) is 20.4 Å². The Hall–Kier alpha value is -3.52. The molecule has 0 fully saturated rings. The van der Waals surface area contributed by atoms with Gasteiger partial charge in [-0.1, -0.05) is 70.7 Å². The van der Waals surface area contributed by atoms with Gasteiger partial charge in [0.05, 0.1) is 22.5 Å². The second kappa shape index (κ2) is 27.2. The summed E-state index contributed by atoms with van der Waals surface area (Å²) in [6, 6.07) is 22.7. The zero-order chi connectivity index (χ0) is 34.6. The molecule has 0 amide bonds. The average Bonchev–Trinajstić information content (AvgIpc) is 3.03. The van der Waals surface area contributed by atoms with Gasteiger partial charge in [-0.2, -0.15) is 10.2 Å². The molecule has 0 atom stereocenters. The molecule has 18 heteroatoms. The molecule has 0 aliphatic carbocycles. The van der Waals surface area contributed by atoms with Crippen molar-refractivity contribution in [3.05, 3.63) is 116 Å². The standard InChI is InChI=1S/2C15H12Cl2N2O3.C2H6O.2Cu.H2O/c2*16-11-5-6-14(12(17)7-11)22-9-15(21)19-18-8-10-3-1-2-4-13(10)20;1-2-3;;;/h2*1-8,20H,9H2,(H,19,21);3H,2H2,1H3;;;1H2/b2*18-8-;;;;. The van der Waals surface area contributed by atoms with Crippen molar-refractivity contribution in [1.29, 1.82) is 0 Å². The van der Waals surface area contributed by atoms with Crippen LogP contribution in [0.4, 0.5) is 0 Å². The summed E-state index contributed by atoms with van der Waals surface area (Å²) in [6.45, 7) is 1.54. The zero-order valence-corrected chi connectivity index (χ0v) is 30.7. The van der Waals surface area contributed by atoms with Crippen molar-refractivity contribution >= 4 is 70.6 Å². The van der Waals surface area contributed by atoms with E-state index in [1.165, 1.54) is 36.7 Å². The number of para-hydroxylation sites is 2. The number of hydrogen-bond acceptors (Lipinski definition) is 9. The molecule has 12 nitrogen and oxygen atoms in total. The first-order valence-corrected chi connectivity index (χ1v) is 14.9. The molecule has 4 rings (SSSR count). The summed E-state index contributed by atoms with van der Waals surface area (Å²) in [5, 5.41) is 61.9. The fraction of sp³-hybridized carbons (Fsp3) is 0.125. The first kappa shape index (κ1) is 48.6. The second-order valence-corrected chi connectivity index (χ2v) is 10.4. The Balaban J connectivity index is 0. The van der Waals surface area contributed by atoms with E-state index in [-0.39, 0.29) is 82.7 Å². The van der Waals surface area contributed by atoms with Gasteiger partial charge in [0.2, 0.25) is 11.8 Å². The summed E-state index contributed by atoms with van der Waals surface area (Å²) in [7, 11) is 0. The summed E-state index contributed by atoms with van der Waals surface area (Å²) in [5.74, 6) is 0.223. The van der Waals surface area contributed by atoms with Crippen molar-refractivity contribution in [2.24, 2.45) is 20.4 Å². The predicted octanol–water partition coefficient (Wildman–Crippen LogP) is 7.31. The molecule has 278 valence electrons. The molecule has 50 heavy (non-hydrogen) atoms. The van der Waals surface area contributed by atoms with Crippen molar-refractivity contribution in [2.75, 3.05) is 19.8 Å². The van der Waals surface area contributed by atoms with E-state index in [2.05, 4.69) is 20.4 Å². The molecule has 0 heterocycles. The Kier molecular flexibility index (Phi) is 26.5. The van der Waals surface area contributed by atoms with Crippen molar-refractivity contribution in [1.82, 2.24) is 0 Å². The summed E-state index contributed by atoms with van der Waals surface area (Å²) in [5.41, 5.74) is 0.974. The van der Waals surface area contributed by atoms with E-state index < -0.39 is 0 Å². The normalized spacial score (nSPS) is 10.8. The summed E-state index contributed by atoms with van der Waals surface area (Å²) in [6.07, 6.45) is 2.64. The molecule has 4 aromatic carbocycles. The Labute approximate surface area is 329 Å². The number of aliphatic hydroxyl groups excluding tert-OH is 3. The third kappa shape index (κ3) is 19.0. The van der Waals surface area contributed by atoms with Gasteiger partial charge in [-0.15, -0.1) is 10.2 Å². The Bertz CT molecular complexity index is 1590. The third-order valence-corrected chi connectivity index (χ3v) is 6.18. The van der Waals surface area contributed by atoms with Crippen LogP contribution >= 0.6 is 46.4 Å². The fourth-order valence-electron chi connectivity index (χ4n) is 3.04. The topological polar surface area (TPSA) is 201 Å². The summed E-state index contributed by atoms with van der Waals surface area (Å²) < 4.78 is 10.6. The van der Waals surface area contributed by atoms with Crippen molar-refractivity contribution in [3.8, 4) is 23.0 Å². The molecule has 0 aromatic heterocycles. The van der Waals surface area contributed by atoms with Gasteiger partial charge in [0.25, 0.3) is 0 Å². The minimum atomic E-state index is -0.335. The molecule has 0 saturated carbocycles. The first-order chi connectivity index (χ1) is 22.5. The van der Waals surface area contributed by atoms with Gasteiger partial charge >= 0.3 is 0 Å². The van der Waals surface area contributed by atoms with Crippen LogP contribution in [0.2, 0.25) is 20.1 Å². The van der Waals surface area contributed by atoms with Gasteiger partial charge < -0.3 is 40.5 Å². The molecule has 2 radical (unpaired) electrons. The van der Waals surface area contributed by atoms with Crippen LogP contribution in [0.1, 0.15) is 18.1 Å². The van der Waals surface area contributed by atoms with Crippen LogP contribution < -0.4 is 9.47 Å². The van der Waals surface area contributed by atoms with E-state index in [1.54, 1.807) is 67.6 Å². The molecule has 0 unspecified atom stereocenters. The number of phenolic OH excluding ortho intramolecular Hbond substituents is 2. The minimum absolute atomic E-state index is 0. The van der Waals surface area contributed by atoms with E-state index in [0.717, 1.165) is 0 Å². The number of rotatable bonds is 10. The number of ether oxygens (including phenoxy) is 2. The van der Waals surface area contributed by atoms with Crippen LogP contribution in [-0.4, -0.2) is 75.1 Å². The summed E-state index contributed by atoms with van der Waals surface area (Å²) >= 11 is 23.4. The average molecular weight is 870 g/mol. The van der Waals surface area contributed by atoms with Crippen LogP contribution in [0.25, 0.3) is 0 Å². The molecule has 0 aliphatic heterocycles. The van der Waals surface area contributed by atoms with E-state index in [1.807, 2.05) is 0 Å². The molecule has 0 aliphatic rings. The van der Waals surface area contributed by atoms with Crippen LogP contribution in [0.15, 0.2) is 105 Å². The maximum absolute atomic E-state index is 9.58. The van der Waals surface area contributed by atoms with Crippen molar-refractivity contribution in [3.63, 3.8) is 0 Å². The number of hydrogen-bond donors (Lipinski definition) is 5. The fourth-order valence-corrected chi connectivity index (χ4v) is 3.96. The Morgan fingerprint density at radius 2 is 0.980 bits per heavy atom. The predicted molar refractivity (Wildman–Crippen MR) is 192 cm³/mol. The van der Waals surface area contributed by atoms with Crippen LogP contribution in [0, 0.1) is 0 Å². The van der Waals surface area contributed by atoms with E-state index in [0.29, 0.717) is 42.7 Å². The molecule has 7 N–H and O–H groups in total. The molecular weight excluding hydrogens is 837 g/mol. The van der Waals surface area contributed by atoms with E-state index in [4.69, 9.17) is 61.0 Å². The molecule has 0 spiro atoms. The monoisotopic (exact) mass is 866 g/mol. The third-order valence-electron chi connectivity index (χ3n) is 5.11. The molecular formula is C32H32Cl4Cu2N4O8. The van der Waals surface area contributed by atoms with Crippen LogP contribution in [0.3, 0.4) is 0 Å². The number of aliphatic hydroxyl groups is 3. The largest absolute Gasteiger partial charge is 0.507 e. The maximum atomic E-state index is 9.58. The van der Waals surface area contributed by atoms with Gasteiger partial charge in [0, 0.05) is 61.9 Å². The number of aromatic hydroxyl groups is 2. The Morgan fingerprint density at radius 1 is 0.640 bits per heavy atom. The number of benzene rings is 4. The number of nitrogens with zero attached hydrogens (tertiary/aromatic N) is 4. The van der Waals surface area contributed by atoms with Gasteiger partial charge in [-0.3, -0.25) is 0 Å². The molecule has 0 saturated heterocycles. The van der Waals surface area contributed by atoms with E-state index >= 15 is 0 Å². The van der Waals surface area contributed by atoms with Gasteiger partial charge in [0.15, 0.2) is 13.2 Å². The van der Waals surface area contributed by atoms with Crippen LogP contribution in [-0.2, 0) is 34.1 Å². The van der Waals surface area contributed by atoms with Crippen LogP contribution in [0.5, 0.6) is 23.0 Å². The SMILES string of the molecule is CCO.O.O/C(COc1ccc(Cl)cc1Cl)=N\N=C/c1ccccc1O.O/C(COc1ccc(Cl)cc1Cl)=N\N=C/c1ccccc1O.[Cu].[Cu]. The Morgan fingerprint density at radius 3 is 1.30 bits per heavy atom. The summed E-state index contributed by atoms with van der Waals surface area (Å²) in [4.78, 5) is 0. The van der Waals surface area contributed by atoms with Gasteiger partial charge in [-0.25, -0.2) is 0 Å². The van der Waals surface area contributed by atoms with Crippen molar-refractivity contribution in [2.45, 2.75) is 6.92 Å². The smallest absolute Gasteiger partial charge is 0.244 e. The quantitative estimate of drug-likeness (QED) is 0.0476. The first-order valence-electron chi connectivity index (χ1n) is 13.4. The minimum Gasteiger partial charge on any atom is -0.507 e. The van der Waals surface area contributed by atoms with Crippen molar-refractivity contribution < 1.29 is 74.6 Å². The van der Waals surface area contributed by atoms with Gasteiger partial charge in [0.1, 0.15) is 23.0 Å². The molecule has 0 bridgehead atoms. The maximum Gasteiger partial charge on any atom is 0.244 e. The second-order valence-electron chi connectivity index (χ2n) is 8.68. The molecule has 4 aromatic rings. The number of halogens is 4.